The second-order valence-electron chi connectivity index (χ2n) is 4.54. The van der Waals surface area contributed by atoms with Crippen LogP contribution < -0.4 is 10.6 Å². The standard InChI is InChI=1S/C14H17IN4/c1-9(2)14-18-12(16-3)8-13(19-14)17-11-6-4-5-10(15)7-11/h4-9H,1-3H3,(H2,16,17,18,19). The number of benzene rings is 1. The van der Waals surface area contributed by atoms with Gasteiger partial charge in [-0.3, -0.25) is 0 Å². The zero-order chi connectivity index (χ0) is 13.8. The van der Waals surface area contributed by atoms with Gasteiger partial charge in [-0.05, 0) is 40.8 Å². The predicted octanol–water partition coefficient (Wildman–Crippen LogP) is 3.99. The maximum absolute atomic E-state index is 4.54. The number of anilines is 3. The number of hydrogen-bond donors (Lipinski definition) is 2. The third kappa shape index (κ3) is 3.79. The van der Waals surface area contributed by atoms with E-state index < -0.39 is 0 Å². The number of nitrogens with zero attached hydrogens (tertiary/aromatic N) is 2. The summed E-state index contributed by atoms with van der Waals surface area (Å²) in [6.45, 7) is 4.17. The fraction of sp³-hybridized carbons (Fsp3) is 0.286. The Balaban J connectivity index is 2.31. The second kappa shape index (κ2) is 6.18. The van der Waals surface area contributed by atoms with Crippen LogP contribution in [-0.2, 0) is 0 Å². The van der Waals surface area contributed by atoms with Gasteiger partial charge in [0, 0.05) is 28.3 Å². The largest absolute Gasteiger partial charge is 0.373 e. The number of rotatable bonds is 4. The van der Waals surface area contributed by atoms with Crippen molar-refractivity contribution in [3.05, 3.63) is 39.7 Å². The van der Waals surface area contributed by atoms with Gasteiger partial charge in [-0.25, -0.2) is 9.97 Å². The summed E-state index contributed by atoms with van der Waals surface area (Å²) in [4.78, 5) is 8.99. The molecule has 2 aromatic rings. The molecule has 2 rings (SSSR count). The van der Waals surface area contributed by atoms with Crippen LogP contribution in [0.2, 0.25) is 0 Å². The van der Waals surface area contributed by atoms with Gasteiger partial charge in [-0.1, -0.05) is 19.9 Å². The third-order valence-corrected chi connectivity index (χ3v) is 3.28. The number of hydrogen-bond acceptors (Lipinski definition) is 4. The summed E-state index contributed by atoms with van der Waals surface area (Å²) >= 11 is 2.29. The molecule has 100 valence electrons. The Morgan fingerprint density at radius 1 is 1.11 bits per heavy atom. The molecule has 4 nitrogen and oxygen atoms in total. The molecule has 0 radical (unpaired) electrons. The van der Waals surface area contributed by atoms with E-state index in [9.17, 15) is 0 Å². The average Bonchev–Trinajstić information content (AvgIpc) is 2.38. The molecule has 1 aromatic carbocycles. The first-order valence-electron chi connectivity index (χ1n) is 6.18. The van der Waals surface area contributed by atoms with E-state index in [-0.39, 0.29) is 0 Å². The third-order valence-electron chi connectivity index (χ3n) is 2.61. The summed E-state index contributed by atoms with van der Waals surface area (Å²) in [6, 6.07) is 10.1. The van der Waals surface area contributed by atoms with Gasteiger partial charge in [0.25, 0.3) is 0 Å². The highest BCUT2D eigenvalue weighted by Gasteiger charge is 2.07. The molecule has 0 saturated heterocycles. The van der Waals surface area contributed by atoms with Crippen molar-refractivity contribution in [1.82, 2.24) is 9.97 Å². The lowest BCUT2D eigenvalue weighted by atomic mass is 10.2. The normalized spacial score (nSPS) is 10.6. The quantitative estimate of drug-likeness (QED) is 0.802. The van der Waals surface area contributed by atoms with Crippen molar-refractivity contribution in [2.45, 2.75) is 19.8 Å². The zero-order valence-corrected chi connectivity index (χ0v) is 13.4. The first-order valence-corrected chi connectivity index (χ1v) is 7.25. The van der Waals surface area contributed by atoms with Gasteiger partial charge in [0.2, 0.25) is 0 Å². The van der Waals surface area contributed by atoms with E-state index in [2.05, 4.69) is 69.2 Å². The average molecular weight is 368 g/mol. The Morgan fingerprint density at radius 3 is 2.47 bits per heavy atom. The van der Waals surface area contributed by atoms with Crippen LogP contribution >= 0.6 is 22.6 Å². The molecule has 0 spiro atoms. The molecule has 0 aliphatic heterocycles. The Kier molecular flexibility index (Phi) is 4.57. The number of nitrogens with one attached hydrogen (secondary N) is 2. The fourth-order valence-corrected chi connectivity index (χ4v) is 2.17. The van der Waals surface area contributed by atoms with Gasteiger partial charge < -0.3 is 10.6 Å². The molecule has 1 heterocycles. The van der Waals surface area contributed by atoms with Crippen LogP contribution in [0.4, 0.5) is 17.3 Å². The molecular weight excluding hydrogens is 351 g/mol. The zero-order valence-electron chi connectivity index (χ0n) is 11.2. The molecule has 0 saturated carbocycles. The molecule has 19 heavy (non-hydrogen) atoms. The van der Waals surface area contributed by atoms with E-state index in [4.69, 9.17) is 0 Å². The van der Waals surface area contributed by atoms with E-state index in [0.717, 1.165) is 23.1 Å². The number of halogens is 1. The van der Waals surface area contributed by atoms with Gasteiger partial charge in [0.1, 0.15) is 17.5 Å². The molecule has 5 heteroatoms. The van der Waals surface area contributed by atoms with Crippen LogP contribution in [-0.4, -0.2) is 17.0 Å². The topological polar surface area (TPSA) is 49.8 Å². The van der Waals surface area contributed by atoms with Crippen LogP contribution in [0.25, 0.3) is 0 Å². The molecule has 0 fully saturated rings. The Labute approximate surface area is 127 Å². The van der Waals surface area contributed by atoms with Crippen molar-refractivity contribution < 1.29 is 0 Å². The highest BCUT2D eigenvalue weighted by Crippen LogP contribution is 2.21. The Morgan fingerprint density at radius 2 is 1.84 bits per heavy atom. The van der Waals surface area contributed by atoms with E-state index >= 15 is 0 Å². The SMILES string of the molecule is CNc1cc(Nc2cccc(I)c2)nc(C(C)C)n1. The smallest absolute Gasteiger partial charge is 0.136 e. The minimum atomic E-state index is 0.296. The fourth-order valence-electron chi connectivity index (χ4n) is 1.63. The first-order chi connectivity index (χ1) is 9.08. The summed E-state index contributed by atoms with van der Waals surface area (Å²) < 4.78 is 1.19. The summed E-state index contributed by atoms with van der Waals surface area (Å²) in [6.07, 6.45) is 0. The van der Waals surface area contributed by atoms with Crippen LogP contribution in [0.15, 0.2) is 30.3 Å². The van der Waals surface area contributed by atoms with Crippen molar-refractivity contribution >= 4 is 39.9 Å². The molecule has 0 aliphatic carbocycles. The van der Waals surface area contributed by atoms with Crippen molar-refractivity contribution in [2.24, 2.45) is 0 Å². The first kappa shape index (κ1) is 14.0. The predicted molar refractivity (Wildman–Crippen MR) is 88.1 cm³/mol. The minimum Gasteiger partial charge on any atom is -0.373 e. The molecule has 0 bridgehead atoms. The van der Waals surface area contributed by atoms with Crippen LogP contribution in [0.5, 0.6) is 0 Å². The van der Waals surface area contributed by atoms with Crippen molar-refractivity contribution in [3.8, 4) is 0 Å². The van der Waals surface area contributed by atoms with Gasteiger partial charge in [0.05, 0.1) is 0 Å². The monoisotopic (exact) mass is 368 g/mol. The van der Waals surface area contributed by atoms with E-state index in [1.165, 1.54) is 3.57 Å². The molecule has 0 aliphatic rings. The molecule has 0 amide bonds. The van der Waals surface area contributed by atoms with E-state index in [0.29, 0.717) is 5.92 Å². The highest BCUT2D eigenvalue weighted by atomic mass is 127. The maximum Gasteiger partial charge on any atom is 0.136 e. The van der Waals surface area contributed by atoms with E-state index in [1.807, 2.05) is 25.2 Å². The molecule has 2 N–H and O–H groups in total. The summed E-state index contributed by atoms with van der Waals surface area (Å²) in [5, 5.41) is 6.39. The number of aromatic nitrogens is 2. The molecular formula is C14H17IN4. The summed E-state index contributed by atoms with van der Waals surface area (Å²) in [5.74, 6) is 2.77. The molecule has 1 aromatic heterocycles. The highest BCUT2D eigenvalue weighted by molar-refractivity contribution is 14.1. The van der Waals surface area contributed by atoms with Gasteiger partial charge >= 0.3 is 0 Å². The van der Waals surface area contributed by atoms with Crippen LogP contribution in [0.1, 0.15) is 25.6 Å². The molecule has 0 atom stereocenters. The Bertz CT molecular complexity index is 569. The minimum absolute atomic E-state index is 0.296. The lowest BCUT2D eigenvalue weighted by molar-refractivity contribution is 0.778. The maximum atomic E-state index is 4.54. The van der Waals surface area contributed by atoms with Crippen molar-refractivity contribution in [3.63, 3.8) is 0 Å². The van der Waals surface area contributed by atoms with Crippen molar-refractivity contribution in [2.75, 3.05) is 17.7 Å². The van der Waals surface area contributed by atoms with Crippen LogP contribution in [0.3, 0.4) is 0 Å². The lowest BCUT2D eigenvalue weighted by Crippen LogP contribution is -2.05. The summed E-state index contributed by atoms with van der Waals surface area (Å²) in [5.41, 5.74) is 1.03. The summed E-state index contributed by atoms with van der Waals surface area (Å²) in [7, 11) is 1.86. The lowest BCUT2D eigenvalue weighted by Gasteiger charge is -2.11. The van der Waals surface area contributed by atoms with Crippen molar-refractivity contribution in [1.29, 1.82) is 0 Å². The van der Waals surface area contributed by atoms with Crippen LogP contribution in [0, 0.1) is 3.57 Å². The van der Waals surface area contributed by atoms with Gasteiger partial charge in [-0.2, -0.15) is 0 Å². The second-order valence-corrected chi connectivity index (χ2v) is 5.78. The van der Waals surface area contributed by atoms with Gasteiger partial charge in [-0.15, -0.1) is 0 Å². The molecule has 0 unspecified atom stereocenters. The van der Waals surface area contributed by atoms with Gasteiger partial charge in [0.15, 0.2) is 0 Å². The van der Waals surface area contributed by atoms with E-state index in [1.54, 1.807) is 0 Å². The Hall–Kier alpha value is -1.37.